The number of aromatic nitrogens is 3. The monoisotopic (exact) mass is 239 g/mol. The van der Waals surface area contributed by atoms with Crippen molar-refractivity contribution >= 4 is 11.9 Å². The summed E-state index contributed by atoms with van der Waals surface area (Å²) in [5.74, 6) is 0.266. The summed E-state index contributed by atoms with van der Waals surface area (Å²) in [5, 5.41) is 13.5. The zero-order chi connectivity index (χ0) is 12.4. The molecule has 3 N–H and O–H groups in total. The van der Waals surface area contributed by atoms with E-state index < -0.39 is 0 Å². The minimum Gasteiger partial charge on any atom is -0.393 e. The highest BCUT2D eigenvalue weighted by molar-refractivity contribution is 5.76. The lowest BCUT2D eigenvalue weighted by Crippen LogP contribution is -2.46. The first-order valence-electron chi connectivity index (χ1n) is 5.67. The minimum atomic E-state index is -0.305. The summed E-state index contributed by atoms with van der Waals surface area (Å²) in [5.41, 5.74) is 5.37. The molecule has 7 nitrogen and oxygen atoms in total. The molecular weight excluding hydrogens is 222 g/mol. The number of carbonyl (C=O) groups excluding carboxylic acids is 1. The number of nitrogen functional groups attached to an aromatic ring is 1. The molecule has 0 saturated carbocycles. The van der Waals surface area contributed by atoms with Gasteiger partial charge < -0.3 is 15.7 Å². The molecule has 1 saturated heterocycles. The van der Waals surface area contributed by atoms with E-state index in [0.29, 0.717) is 19.5 Å². The van der Waals surface area contributed by atoms with Crippen LogP contribution in [0.4, 0.5) is 5.95 Å². The van der Waals surface area contributed by atoms with E-state index in [4.69, 9.17) is 5.73 Å². The summed E-state index contributed by atoms with van der Waals surface area (Å²) in [7, 11) is 0. The number of aliphatic hydroxyl groups excluding tert-OH is 1. The number of amides is 1. The fourth-order valence-electron chi connectivity index (χ4n) is 1.98. The van der Waals surface area contributed by atoms with Gasteiger partial charge in [-0.1, -0.05) is 6.92 Å². The van der Waals surface area contributed by atoms with Crippen LogP contribution in [0.2, 0.25) is 0 Å². The molecule has 0 bridgehead atoms. The Bertz CT molecular complexity index is 405. The third-order valence-electron chi connectivity index (χ3n) is 3.06. The smallest absolute Gasteiger partial charge is 0.244 e. The third kappa shape index (κ3) is 2.73. The van der Waals surface area contributed by atoms with Gasteiger partial charge in [-0.2, -0.15) is 0 Å². The summed E-state index contributed by atoms with van der Waals surface area (Å²) in [6, 6.07) is 0. The molecule has 1 aliphatic rings. The molecule has 1 aromatic rings. The first-order valence-corrected chi connectivity index (χ1v) is 5.67. The maximum Gasteiger partial charge on any atom is 0.244 e. The molecule has 2 heterocycles. The van der Waals surface area contributed by atoms with Crippen molar-refractivity contribution in [1.29, 1.82) is 0 Å². The van der Waals surface area contributed by atoms with E-state index in [1.807, 2.05) is 6.92 Å². The zero-order valence-electron chi connectivity index (χ0n) is 9.78. The SMILES string of the molecule is CC1CN(C(=O)Cn2cnc(N)n2)CCC1O. The molecule has 0 aromatic carbocycles. The molecule has 1 aliphatic heterocycles. The van der Waals surface area contributed by atoms with Crippen LogP contribution in [0.5, 0.6) is 0 Å². The quantitative estimate of drug-likeness (QED) is 0.696. The van der Waals surface area contributed by atoms with Crippen LogP contribution in [0.15, 0.2) is 6.33 Å². The first kappa shape index (κ1) is 11.8. The van der Waals surface area contributed by atoms with Crippen molar-refractivity contribution in [2.24, 2.45) is 5.92 Å². The van der Waals surface area contributed by atoms with Crippen molar-refractivity contribution in [3.8, 4) is 0 Å². The van der Waals surface area contributed by atoms with Crippen LogP contribution in [0.3, 0.4) is 0 Å². The van der Waals surface area contributed by atoms with Crippen molar-refractivity contribution in [2.45, 2.75) is 26.0 Å². The molecule has 7 heteroatoms. The molecule has 0 aliphatic carbocycles. The second kappa shape index (κ2) is 4.70. The number of anilines is 1. The van der Waals surface area contributed by atoms with E-state index in [1.54, 1.807) is 4.90 Å². The van der Waals surface area contributed by atoms with Gasteiger partial charge in [0.25, 0.3) is 0 Å². The van der Waals surface area contributed by atoms with E-state index in [9.17, 15) is 9.90 Å². The van der Waals surface area contributed by atoms with Gasteiger partial charge in [-0.05, 0) is 12.3 Å². The van der Waals surface area contributed by atoms with E-state index in [0.717, 1.165) is 0 Å². The number of rotatable bonds is 2. The molecule has 2 rings (SSSR count). The second-order valence-corrected chi connectivity index (χ2v) is 4.47. The highest BCUT2D eigenvalue weighted by atomic mass is 16.3. The molecule has 94 valence electrons. The van der Waals surface area contributed by atoms with Gasteiger partial charge in [0.05, 0.1) is 6.10 Å². The lowest BCUT2D eigenvalue weighted by atomic mass is 9.97. The second-order valence-electron chi connectivity index (χ2n) is 4.47. The van der Waals surface area contributed by atoms with Gasteiger partial charge in [-0.15, -0.1) is 5.10 Å². The Kier molecular flexibility index (Phi) is 3.28. The molecule has 2 atom stereocenters. The summed E-state index contributed by atoms with van der Waals surface area (Å²) in [6.07, 6.45) is 1.77. The maximum absolute atomic E-state index is 11.9. The molecule has 17 heavy (non-hydrogen) atoms. The van der Waals surface area contributed by atoms with Gasteiger partial charge in [0, 0.05) is 13.1 Å². The minimum absolute atomic E-state index is 0.0198. The van der Waals surface area contributed by atoms with Crippen LogP contribution in [0.1, 0.15) is 13.3 Å². The largest absolute Gasteiger partial charge is 0.393 e. The number of aliphatic hydroxyl groups is 1. The molecule has 0 radical (unpaired) electrons. The van der Waals surface area contributed by atoms with Gasteiger partial charge in [-0.25, -0.2) is 9.67 Å². The summed E-state index contributed by atoms with van der Waals surface area (Å²) < 4.78 is 1.42. The van der Waals surface area contributed by atoms with Crippen LogP contribution in [-0.2, 0) is 11.3 Å². The Morgan fingerprint density at radius 3 is 3.06 bits per heavy atom. The van der Waals surface area contributed by atoms with Gasteiger partial charge in [0.1, 0.15) is 12.9 Å². The topological polar surface area (TPSA) is 97.3 Å². The third-order valence-corrected chi connectivity index (χ3v) is 3.06. The van der Waals surface area contributed by atoms with Gasteiger partial charge >= 0.3 is 0 Å². The van der Waals surface area contributed by atoms with Crippen LogP contribution in [0.25, 0.3) is 0 Å². The molecular formula is C10H17N5O2. The van der Waals surface area contributed by atoms with Crippen molar-refractivity contribution in [1.82, 2.24) is 19.7 Å². The molecule has 0 spiro atoms. The average molecular weight is 239 g/mol. The summed E-state index contributed by atoms with van der Waals surface area (Å²) >= 11 is 0. The van der Waals surface area contributed by atoms with E-state index in [2.05, 4.69) is 10.1 Å². The number of carbonyl (C=O) groups is 1. The fraction of sp³-hybridized carbons (Fsp3) is 0.700. The molecule has 1 aromatic heterocycles. The predicted molar refractivity (Wildman–Crippen MR) is 60.8 cm³/mol. The van der Waals surface area contributed by atoms with E-state index in [-0.39, 0.29) is 30.4 Å². The number of hydrogen-bond donors (Lipinski definition) is 2. The van der Waals surface area contributed by atoms with E-state index >= 15 is 0 Å². The predicted octanol–water partition coefficient (Wildman–Crippen LogP) is -0.910. The molecule has 1 amide bonds. The number of likely N-dealkylation sites (tertiary alicyclic amines) is 1. The van der Waals surface area contributed by atoms with Crippen molar-refractivity contribution in [3.63, 3.8) is 0 Å². The Balaban J connectivity index is 1.92. The normalized spacial score (nSPS) is 24.9. The van der Waals surface area contributed by atoms with Gasteiger partial charge in [0.15, 0.2) is 0 Å². The highest BCUT2D eigenvalue weighted by Gasteiger charge is 2.27. The average Bonchev–Trinajstić information content (AvgIpc) is 2.68. The Hall–Kier alpha value is -1.63. The van der Waals surface area contributed by atoms with Crippen molar-refractivity contribution < 1.29 is 9.90 Å². The van der Waals surface area contributed by atoms with Crippen LogP contribution < -0.4 is 5.73 Å². The highest BCUT2D eigenvalue weighted by Crippen LogP contribution is 2.16. The van der Waals surface area contributed by atoms with Gasteiger partial charge in [0.2, 0.25) is 11.9 Å². The summed E-state index contributed by atoms with van der Waals surface area (Å²) in [4.78, 5) is 17.4. The Labute approximate surface area is 99.2 Å². The number of nitrogens with two attached hydrogens (primary N) is 1. The first-order chi connectivity index (χ1) is 8.06. The van der Waals surface area contributed by atoms with Crippen molar-refractivity contribution in [2.75, 3.05) is 18.8 Å². The Morgan fingerprint density at radius 2 is 2.47 bits per heavy atom. The zero-order valence-corrected chi connectivity index (χ0v) is 9.78. The molecule has 1 fully saturated rings. The van der Waals surface area contributed by atoms with Gasteiger partial charge in [-0.3, -0.25) is 4.79 Å². The number of hydrogen-bond acceptors (Lipinski definition) is 5. The number of piperidine rings is 1. The van der Waals surface area contributed by atoms with Crippen molar-refractivity contribution in [3.05, 3.63) is 6.33 Å². The van der Waals surface area contributed by atoms with Crippen LogP contribution in [0, 0.1) is 5.92 Å². The fourth-order valence-corrected chi connectivity index (χ4v) is 1.98. The lowest BCUT2D eigenvalue weighted by Gasteiger charge is -2.34. The molecule has 2 unspecified atom stereocenters. The standard InChI is InChI=1S/C10H17N5O2/c1-7-4-14(3-2-8(7)16)9(17)5-15-6-12-10(11)13-15/h6-8,16H,2-5H2,1H3,(H2,11,13). The summed E-state index contributed by atoms with van der Waals surface area (Å²) in [6.45, 7) is 3.27. The van der Waals surface area contributed by atoms with Crippen LogP contribution in [-0.4, -0.2) is 49.9 Å². The van der Waals surface area contributed by atoms with E-state index in [1.165, 1.54) is 11.0 Å². The number of nitrogens with zero attached hydrogens (tertiary/aromatic N) is 4. The Morgan fingerprint density at radius 1 is 1.71 bits per heavy atom. The maximum atomic E-state index is 11.9. The lowest BCUT2D eigenvalue weighted by molar-refractivity contribution is -0.135. The van der Waals surface area contributed by atoms with Crippen LogP contribution >= 0.6 is 0 Å².